The lowest BCUT2D eigenvalue weighted by atomic mass is 10.0. The van der Waals surface area contributed by atoms with E-state index in [1.807, 2.05) is 30.6 Å². The number of benzene rings is 1. The molecule has 4 aromatic rings. The minimum atomic E-state index is -0.0586. The lowest BCUT2D eigenvalue weighted by Gasteiger charge is -2.29. The first-order chi connectivity index (χ1) is 15.2. The van der Waals surface area contributed by atoms with Crippen LogP contribution in [0.1, 0.15) is 34.6 Å². The van der Waals surface area contributed by atoms with E-state index in [1.54, 1.807) is 6.20 Å². The van der Waals surface area contributed by atoms with Crippen molar-refractivity contribution in [2.45, 2.75) is 25.6 Å². The van der Waals surface area contributed by atoms with E-state index in [1.165, 1.54) is 11.3 Å². The first-order valence-electron chi connectivity index (χ1n) is 10.3. The average molecular weight is 426 g/mol. The fourth-order valence-corrected chi connectivity index (χ4v) is 4.59. The van der Waals surface area contributed by atoms with Crippen molar-refractivity contribution in [2.24, 2.45) is 0 Å². The van der Waals surface area contributed by atoms with Crippen LogP contribution in [0.5, 0.6) is 0 Å². The second-order valence-electron chi connectivity index (χ2n) is 7.76. The van der Waals surface area contributed by atoms with Gasteiger partial charge in [-0.15, -0.1) is 0 Å². The van der Waals surface area contributed by atoms with Crippen LogP contribution in [0.3, 0.4) is 0 Å². The maximum Gasteiger partial charge on any atom is 0.174 e. The van der Waals surface area contributed by atoms with Crippen LogP contribution in [0, 0.1) is 6.92 Å². The Kier molecular flexibility index (Phi) is 5.22. The zero-order valence-corrected chi connectivity index (χ0v) is 18.0. The van der Waals surface area contributed by atoms with Gasteiger partial charge in [-0.1, -0.05) is 24.3 Å². The Morgan fingerprint density at radius 2 is 1.94 bits per heavy atom. The third-order valence-corrected chi connectivity index (χ3v) is 5.94. The summed E-state index contributed by atoms with van der Waals surface area (Å²) in [6.45, 7) is 2.85. The molecule has 1 aliphatic heterocycles. The molecule has 3 aromatic heterocycles. The number of pyridine rings is 2. The standard InChI is InChI=1S/C25H23N5S/c1-18-7-4-9-20(15-18)30-24(23(28-25(30)31)21-10-2-3-13-27-21)22-11-6-14-29(22)17-19-8-5-12-26-16-19/h2-16,23-24H,17H2,1H3,(H,28,31)/t23-,24-/m0/s1. The van der Waals surface area contributed by atoms with Crippen LogP contribution >= 0.6 is 12.2 Å². The molecule has 1 aliphatic rings. The van der Waals surface area contributed by atoms with Crippen LogP contribution in [-0.4, -0.2) is 19.6 Å². The minimum absolute atomic E-state index is 0.0316. The quantitative estimate of drug-likeness (QED) is 0.465. The number of aryl methyl sites for hydroxylation is 1. The van der Waals surface area contributed by atoms with Crippen LogP contribution in [0.4, 0.5) is 5.69 Å². The Morgan fingerprint density at radius 1 is 1.00 bits per heavy atom. The van der Waals surface area contributed by atoms with Gasteiger partial charge < -0.3 is 14.8 Å². The molecule has 6 heteroatoms. The van der Waals surface area contributed by atoms with Gasteiger partial charge in [0.2, 0.25) is 0 Å². The summed E-state index contributed by atoms with van der Waals surface area (Å²) >= 11 is 5.83. The van der Waals surface area contributed by atoms with E-state index < -0.39 is 0 Å². The summed E-state index contributed by atoms with van der Waals surface area (Å²) in [5.41, 5.74) is 5.58. The normalized spacial score (nSPS) is 18.2. The molecule has 4 heterocycles. The van der Waals surface area contributed by atoms with Crippen molar-refractivity contribution < 1.29 is 0 Å². The number of nitrogens with zero attached hydrogens (tertiary/aromatic N) is 4. The van der Waals surface area contributed by atoms with E-state index in [0.717, 1.165) is 23.5 Å². The van der Waals surface area contributed by atoms with E-state index >= 15 is 0 Å². The molecule has 31 heavy (non-hydrogen) atoms. The number of thiocarbonyl (C=S) groups is 1. The van der Waals surface area contributed by atoms with Gasteiger partial charge in [-0.2, -0.15) is 0 Å². The van der Waals surface area contributed by atoms with Gasteiger partial charge >= 0.3 is 0 Å². The van der Waals surface area contributed by atoms with Gasteiger partial charge in [0.15, 0.2) is 5.11 Å². The van der Waals surface area contributed by atoms with E-state index in [0.29, 0.717) is 5.11 Å². The highest BCUT2D eigenvalue weighted by molar-refractivity contribution is 7.80. The maximum atomic E-state index is 5.83. The number of hydrogen-bond donors (Lipinski definition) is 1. The van der Waals surface area contributed by atoms with E-state index in [2.05, 4.69) is 86.4 Å². The number of aromatic nitrogens is 3. The van der Waals surface area contributed by atoms with Gasteiger partial charge in [0.05, 0.1) is 11.7 Å². The maximum absolute atomic E-state index is 5.83. The molecule has 5 nitrogen and oxygen atoms in total. The Morgan fingerprint density at radius 3 is 2.71 bits per heavy atom. The van der Waals surface area contributed by atoms with Crippen molar-refractivity contribution in [1.29, 1.82) is 0 Å². The predicted octanol–water partition coefficient (Wildman–Crippen LogP) is 4.81. The first-order valence-corrected chi connectivity index (χ1v) is 10.7. The van der Waals surface area contributed by atoms with Crippen molar-refractivity contribution in [3.8, 4) is 0 Å². The Hall–Kier alpha value is -3.51. The number of nitrogens with one attached hydrogen (secondary N) is 1. The summed E-state index contributed by atoms with van der Waals surface area (Å²) < 4.78 is 2.27. The van der Waals surface area contributed by atoms with Gasteiger partial charge in [-0.3, -0.25) is 9.97 Å². The highest BCUT2D eigenvalue weighted by Crippen LogP contribution is 2.41. The van der Waals surface area contributed by atoms with Crippen molar-refractivity contribution >= 4 is 23.0 Å². The second-order valence-corrected chi connectivity index (χ2v) is 8.14. The van der Waals surface area contributed by atoms with Gasteiger partial charge in [0, 0.05) is 42.7 Å². The summed E-state index contributed by atoms with van der Waals surface area (Å²) in [5, 5.41) is 4.25. The van der Waals surface area contributed by atoms with Crippen LogP contribution in [0.15, 0.2) is 91.5 Å². The third-order valence-electron chi connectivity index (χ3n) is 5.62. The topological polar surface area (TPSA) is 46.0 Å². The van der Waals surface area contributed by atoms with Crippen LogP contribution < -0.4 is 10.2 Å². The van der Waals surface area contributed by atoms with Gasteiger partial charge in [0.1, 0.15) is 6.04 Å². The molecule has 2 atom stereocenters. The summed E-state index contributed by atoms with van der Waals surface area (Å²) in [4.78, 5) is 11.1. The van der Waals surface area contributed by atoms with Crippen LogP contribution in [0.2, 0.25) is 0 Å². The number of hydrogen-bond acceptors (Lipinski definition) is 3. The Bertz CT molecular complexity index is 1190. The zero-order chi connectivity index (χ0) is 21.2. The van der Waals surface area contributed by atoms with Crippen molar-refractivity contribution in [2.75, 3.05) is 4.90 Å². The summed E-state index contributed by atoms with van der Waals surface area (Å²) in [6, 6.07) is 22.7. The Balaban J connectivity index is 1.61. The molecule has 0 unspecified atom stereocenters. The fraction of sp³-hybridized carbons (Fsp3) is 0.160. The smallest absolute Gasteiger partial charge is 0.174 e. The molecule has 1 saturated heterocycles. The molecule has 0 aliphatic carbocycles. The molecule has 1 fully saturated rings. The van der Waals surface area contributed by atoms with E-state index in [4.69, 9.17) is 12.2 Å². The predicted molar refractivity (Wildman–Crippen MR) is 127 cm³/mol. The third kappa shape index (κ3) is 3.82. The lowest BCUT2D eigenvalue weighted by molar-refractivity contribution is 0.533. The monoisotopic (exact) mass is 425 g/mol. The molecule has 0 radical (unpaired) electrons. The SMILES string of the molecule is Cc1cccc(N2C(=S)N[C@@H](c3ccccn3)[C@@H]2c2cccn2Cc2cccnc2)c1. The molecule has 0 spiro atoms. The summed E-state index contributed by atoms with van der Waals surface area (Å²) in [7, 11) is 0. The first kappa shape index (κ1) is 19.5. The molecular weight excluding hydrogens is 402 g/mol. The van der Waals surface area contributed by atoms with Crippen molar-refractivity contribution in [3.63, 3.8) is 0 Å². The Labute approximate surface area is 187 Å². The highest BCUT2D eigenvalue weighted by Gasteiger charge is 2.42. The molecule has 0 saturated carbocycles. The molecule has 154 valence electrons. The second kappa shape index (κ2) is 8.32. The minimum Gasteiger partial charge on any atom is -0.351 e. The number of anilines is 1. The van der Waals surface area contributed by atoms with Gasteiger partial charge in [-0.25, -0.2) is 0 Å². The summed E-state index contributed by atoms with van der Waals surface area (Å²) in [6.07, 6.45) is 7.67. The highest BCUT2D eigenvalue weighted by atomic mass is 32.1. The molecule has 0 bridgehead atoms. The largest absolute Gasteiger partial charge is 0.351 e. The van der Waals surface area contributed by atoms with E-state index in [9.17, 15) is 0 Å². The van der Waals surface area contributed by atoms with Crippen LogP contribution in [-0.2, 0) is 6.54 Å². The molecular formula is C25H23N5S. The van der Waals surface area contributed by atoms with Crippen molar-refractivity contribution in [3.05, 3.63) is 114 Å². The molecule has 1 N–H and O–H groups in total. The number of rotatable bonds is 5. The van der Waals surface area contributed by atoms with Crippen LogP contribution in [0.25, 0.3) is 0 Å². The average Bonchev–Trinajstić information content (AvgIpc) is 3.38. The fourth-order valence-electron chi connectivity index (χ4n) is 4.24. The molecule has 1 aromatic carbocycles. The summed E-state index contributed by atoms with van der Waals surface area (Å²) in [5.74, 6) is 0. The molecule has 0 amide bonds. The molecule has 5 rings (SSSR count). The van der Waals surface area contributed by atoms with E-state index in [-0.39, 0.29) is 12.1 Å². The van der Waals surface area contributed by atoms with Gasteiger partial charge in [-0.05, 0) is 72.7 Å². The van der Waals surface area contributed by atoms with Gasteiger partial charge in [0.25, 0.3) is 0 Å². The zero-order valence-electron chi connectivity index (χ0n) is 17.2. The van der Waals surface area contributed by atoms with Crippen molar-refractivity contribution in [1.82, 2.24) is 19.9 Å². The lowest BCUT2D eigenvalue weighted by Crippen LogP contribution is -2.30.